The van der Waals surface area contributed by atoms with Crippen molar-refractivity contribution in [3.8, 4) is 12.3 Å². The zero-order valence-electron chi connectivity index (χ0n) is 44.9. The predicted molar refractivity (Wildman–Crippen MR) is 267 cm³/mol. The Kier molecular flexibility index (Phi) is 101. The highest BCUT2D eigenvalue weighted by Crippen LogP contribution is 1.99. The molecule has 22 heteroatoms. The van der Waals surface area contributed by atoms with E-state index in [4.69, 9.17) is 87.7 Å². The Labute approximate surface area is 419 Å². The summed E-state index contributed by atoms with van der Waals surface area (Å²) < 4.78 is 80.4. The average molecular weight is 1010 g/mol. The van der Waals surface area contributed by atoms with E-state index in [1.54, 1.807) is 56.9 Å². The van der Waals surface area contributed by atoms with Gasteiger partial charge in [-0.2, -0.15) is 10.5 Å². The summed E-state index contributed by atoms with van der Waals surface area (Å²) in [5, 5.41) is 26.2. The lowest BCUT2D eigenvalue weighted by Gasteiger charge is -2.22. The van der Waals surface area contributed by atoms with E-state index in [2.05, 4.69) is 19.7 Å². The number of methoxy groups -OCH3 is 8. The lowest BCUT2D eigenvalue weighted by Crippen LogP contribution is -2.29. The van der Waals surface area contributed by atoms with Gasteiger partial charge >= 0.3 is 0 Å². The average Bonchev–Trinajstić information content (AvgIpc) is 3.37. The van der Waals surface area contributed by atoms with Crippen molar-refractivity contribution in [3.05, 3.63) is 0 Å². The van der Waals surface area contributed by atoms with Crippen LogP contribution in [-0.2, 0) is 75.8 Å². The van der Waals surface area contributed by atoms with Crippen LogP contribution in [0.25, 0.3) is 0 Å². The van der Waals surface area contributed by atoms with E-state index in [1.807, 2.05) is 6.07 Å². The van der Waals surface area contributed by atoms with Crippen LogP contribution in [0.1, 0.15) is 44.9 Å². The van der Waals surface area contributed by atoms with E-state index in [-0.39, 0.29) is 0 Å². The molecule has 0 fully saturated rings. The van der Waals surface area contributed by atoms with Crippen LogP contribution in [0.4, 0.5) is 0 Å². The van der Waals surface area contributed by atoms with Crippen molar-refractivity contribution in [3.63, 3.8) is 0 Å². The molecule has 418 valence electrons. The Balaban J connectivity index is -0.000000194. The molecular formula is C47H103N5O17. The second kappa shape index (κ2) is 88.9. The molecule has 0 heterocycles. The fourth-order valence-electron chi connectivity index (χ4n) is 4.41. The van der Waals surface area contributed by atoms with Crippen LogP contribution in [0.15, 0.2) is 0 Å². The summed E-state index contributed by atoms with van der Waals surface area (Å²) in [4.78, 5) is 2.46. The minimum atomic E-state index is 0.354. The highest BCUT2D eigenvalue weighted by Gasteiger charge is 2.05. The quantitative estimate of drug-likeness (QED) is 0.0584. The Bertz CT molecular complexity index is 830. The zero-order valence-corrected chi connectivity index (χ0v) is 44.9. The smallest absolute Gasteiger partial charge is 0.286 e. The van der Waals surface area contributed by atoms with E-state index in [0.717, 1.165) is 118 Å². The van der Waals surface area contributed by atoms with Gasteiger partial charge < -0.3 is 96.8 Å². The number of nitrogens with one attached hydrogen (secondary N) is 1. The molecule has 69 heavy (non-hydrogen) atoms. The van der Waals surface area contributed by atoms with Crippen LogP contribution in [0.3, 0.4) is 0 Å². The Morgan fingerprint density at radius 2 is 0.652 bits per heavy atom. The third-order valence-electron chi connectivity index (χ3n) is 7.90. The summed E-state index contributed by atoms with van der Waals surface area (Å²) in [6.07, 6.45) is 8.07. The lowest BCUT2D eigenvalue weighted by atomic mass is 10.3. The summed E-state index contributed by atoms with van der Waals surface area (Å²) in [6.45, 7) is 21.0. The first-order valence-corrected chi connectivity index (χ1v) is 23.9. The minimum absolute atomic E-state index is 0.354. The number of hydrogen-bond acceptors (Lipinski definition) is 22. The van der Waals surface area contributed by atoms with Gasteiger partial charge in [0, 0.05) is 123 Å². The van der Waals surface area contributed by atoms with E-state index >= 15 is 0 Å². The predicted octanol–water partition coefficient (Wildman–Crippen LogP) is 2.43. The third kappa shape index (κ3) is 100.0. The highest BCUT2D eigenvalue weighted by molar-refractivity contribution is 4.67. The standard InChI is InChI=1S/C18H39NO6.C12H27NO4.C6H15NO2.C6H11NO2.C4H7NO2.CH4O/c1-20-13-16-23-10-4-7-19(8-5-11-24-17-14-21-2)9-6-12-25-18-15-22-3;1-14-9-11-16-7-3-5-13-6-4-8-17-12-10-15-2;2*1-8-5-6-9-4-2-3-7;1-6-2-3-7-4-5;1-2/h4-18H2,1-3H3;13H,3-12H2,1-2H3;2-7H2,1H3;2,4-6H2,1H3;2-3H2,1H3;2H,1H3. The second-order valence-corrected chi connectivity index (χ2v) is 13.6. The molecule has 0 rings (SSSR count). The summed E-state index contributed by atoms with van der Waals surface area (Å²) in [5.41, 5.74) is 5.23. The second-order valence-electron chi connectivity index (χ2n) is 13.6. The fourth-order valence-corrected chi connectivity index (χ4v) is 4.41. The molecule has 22 nitrogen and oxygen atoms in total. The molecule has 0 aliphatic rings. The molecule has 0 saturated carbocycles. The molecule has 0 aliphatic heterocycles. The number of aliphatic hydroxyl groups excluding tert-OH is 1. The van der Waals surface area contributed by atoms with E-state index < -0.39 is 0 Å². The van der Waals surface area contributed by atoms with Gasteiger partial charge in [-0.15, -0.1) is 0 Å². The normalized spacial score (nSPS) is 10.2. The van der Waals surface area contributed by atoms with Gasteiger partial charge in [0.1, 0.15) is 6.61 Å². The number of aliphatic hydroxyl groups is 1. The molecule has 0 spiro atoms. The summed E-state index contributed by atoms with van der Waals surface area (Å²) in [5.74, 6) is 0. The van der Waals surface area contributed by atoms with Gasteiger partial charge in [0.2, 0.25) is 0 Å². The summed E-state index contributed by atoms with van der Waals surface area (Å²) >= 11 is 0. The lowest BCUT2D eigenvalue weighted by molar-refractivity contribution is 0.0533. The number of rotatable bonds is 49. The summed E-state index contributed by atoms with van der Waals surface area (Å²) in [7, 11) is 14.3. The van der Waals surface area contributed by atoms with Crippen molar-refractivity contribution in [1.82, 2.24) is 10.2 Å². The first-order valence-electron chi connectivity index (χ1n) is 23.9. The van der Waals surface area contributed by atoms with Crippen molar-refractivity contribution < 1.29 is 80.9 Å². The Morgan fingerprint density at radius 1 is 0.377 bits per heavy atom. The van der Waals surface area contributed by atoms with Crippen LogP contribution >= 0.6 is 0 Å². The van der Waals surface area contributed by atoms with Crippen molar-refractivity contribution >= 4 is 0 Å². The van der Waals surface area contributed by atoms with Crippen LogP contribution < -0.4 is 11.1 Å². The number of hydrogen-bond donors (Lipinski definition) is 3. The molecular weight excluding hydrogens is 907 g/mol. The SMILES string of the molecule is CO.COCCOC#N.COCCOCCC#N.COCCOCCCN.COCCOCCCN(CCCOCCOC)CCCOCCOC.COCCOCCCNCCCOCCOC. The number of nitrogens with two attached hydrogens (primary N) is 1. The first-order chi connectivity index (χ1) is 34.0. The first kappa shape index (κ1) is 78.5. The van der Waals surface area contributed by atoms with Crippen LogP contribution in [0, 0.1) is 22.8 Å². The van der Waals surface area contributed by atoms with Gasteiger partial charge in [-0.25, -0.2) is 0 Å². The van der Waals surface area contributed by atoms with Gasteiger partial charge in [0.15, 0.2) is 0 Å². The van der Waals surface area contributed by atoms with Crippen molar-refractivity contribution in [1.29, 1.82) is 10.5 Å². The maximum Gasteiger partial charge on any atom is 0.286 e. The summed E-state index contributed by atoms with van der Waals surface area (Å²) in [6, 6.07) is 1.98. The maximum atomic E-state index is 8.06. The molecule has 0 aromatic rings. The zero-order chi connectivity index (χ0) is 52.5. The molecule has 0 saturated heterocycles. The van der Waals surface area contributed by atoms with Crippen molar-refractivity contribution in [2.75, 3.05) is 255 Å². The van der Waals surface area contributed by atoms with Crippen molar-refractivity contribution in [2.45, 2.75) is 44.9 Å². The monoisotopic (exact) mass is 1010 g/mol. The highest BCUT2D eigenvalue weighted by atomic mass is 16.5. The van der Waals surface area contributed by atoms with Crippen molar-refractivity contribution in [2.24, 2.45) is 5.73 Å². The van der Waals surface area contributed by atoms with Gasteiger partial charge in [0.25, 0.3) is 6.26 Å². The minimum Gasteiger partial charge on any atom is -0.425 e. The molecule has 0 aromatic heterocycles. The van der Waals surface area contributed by atoms with Crippen LogP contribution in [-0.4, -0.2) is 265 Å². The molecule has 0 unspecified atom stereocenters. The van der Waals surface area contributed by atoms with E-state index in [1.165, 1.54) is 6.26 Å². The number of nitrogens with zero attached hydrogens (tertiary/aromatic N) is 3. The Morgan fingerprint density at radius 3 is 0.928 bits per heavy atom. The topological polar surface area (TPSA) is 257 Å². The maximum absolute atomic E-state index is 8.06. The molecule has 0 radical (unpaired) electrons. The molecule has 0 amide bonds. The molecule has 0 bridgehead atoms. The molecule has 0 aromatic carbocycles. The number of ether oxygens (including phenoxy) is 16. The van der Waals surface area contributed by atoms with Gasteiger partial charge in [0.05, 0.1) is 118 Å². The Hall–Kier alpha value is -1.98. The number of nitriles is 2. The molecule has 0 atom stereocenters. The molecule has 0 aliphatic carbocycles. The van der Waals surface area contributed by atoms with Gasteiger partial charge in [-0.1, -0.05) is 0 Å². The third-order valence-corrected chi connectivity index (χ3v) is 7.90. The largest absolute Gasteiger partial charge is 0.425 e. The van der Waals surface area contributed by atoms with E-state index in [9.17, 15) is 0 Å². The van der Waals surface area contributed by atoms with Gasteiger partial charge in [-0.3, -0.25) is 0 Å². The van der Waals surface area contributed by atoms with Crippen LogP contribution in [0.2, 0.25) is 0 Å². The van der Waals surface area contributed by atoms with Crippen LogP contribution in [0.5, 0.6) is 0 Å². The fraction of sp³-hybridized carbons (Fsp3) is 0.957. The van der Waals surface area contributed by atoms with Gasteiger partial charge in [-0.05, 0) is 58.2 Å². The van der Waals surface area contributed by atoms with E-state index in [0.29, 0.717) is 125 Å². The molecule has 4 N–H and O–H groups in total.